The first kappa shape index (κ1) is 18.2. The molecule has 1 unspecified atom stereocenters. The van der Waals surface area contributed by atoms with Crippen molar-refractivity contribution in [1.29, 1.82) is 0 Å². The number of ether oxygens (including phenoxy) is 1. The first-order chi connectivity index (χ1) is 12.5. The zero-order valence-electron chi connectivity index (χ0n) is 14.6. The highest BCUT2D eigenvalue weighted by Gasteiger charge is 2.29. The molecule has 0 aliphatic carbocycles. The van der Waals surface area contributed by atoms with Crippen molar-refractivity contribution in [3.05, 3.63) is 66.4 Å². The maximum Gasteiger partial charge on any atom is 0.323 e. The van der Waals surface area contributed by atoms with Gasteiger partial charge in [-0.25, -0.2) is 5.09 Å². The van der Waals surface area contributed by atoms with Gasteiger partial charge in [-0.3, -0.25) is 9.36 Å². The minimum Gasteiger partial charge on any atom is -0.468 e. The molecule has 0 amide bonds. The van der Waals surface area contributed by atoms with Crippen molar-refractivity contribution in [2.45, 2.75) is 12.5 Å². The lowest BCUT2D eigenvalue weighted by atomic mass is 10.1. The summed E-state index contributed by atoms with van der Waals surface area (Å²) in [6, 6.07) is 17.8. The monoisotopic (exact) mass is 372 g/mol. The summed E-state index contributed by atoms with van der Waals surface area (Å²) >= 11 is 0. The Labute approximate surface area is 152 Å². The number of H-pyrrole nitrogens is 1. The number of para-hydroxylation sites is 2. The van der Waals surface area contributed by atoms with Gasteiger partial charge in [-0.05, 0) is 29.7 Å². The molecule has 1 aromatic heterocycles. The Bertz CT molecular complexity index is 906. The lowest BCUT2D eigenvalue weighted by molar-refractivity contribution is -0.142. The number of hydrogen-bond acceptors (Lipinski definition) is 4. The van der Waals surface area contributed by atoms with Crippen molar-refractivity contribution in [3.8, 4) is 5.75 Å². The second kappa shape index (κ2) is 7.77. The molecule has 1 heterocycles. The predicted molar refractivity (Wildman–Crippen MR) is 102 cm³/mol. The van der Waals surface area contributed by atoms with E-state index in [0.717, 1.165) is 16.6 Å². The Balaban J connectivity index is 1.77. The van der Waals surface area contributed by atoms with Crippen LogP contribution in [0.4, 0.5) is 0 Å². The average molecular weight is 372 g/mol. The lowest BCUT2D eigenvalue weighted by Gasteiger charge is -2.22. The van der Waals surface area contributed by atoms with Crippen LogP contribution in [0.1, 0.15) is 5.69 Å². The van der Waals surface area contributed by atoms with E-state index >= 15 is 0 Å². The largest absolute Gasteiger partial charge is 0.468 e. The van der Waals surface area contributed by atoms with Crippen LogP contribution in [0, 0.1) is 0 Å². The number of carbonyl (C=O) groups is 1. The van der Waals surface area contributed by atoms with Gasteiger partial charge < -0.3 is 14.2 Å². The van der Waals surface area contributed by atoms with Gasteiger partial charge in [-0.2, -0.15) is 0 Å². The molecular weight excluding hydrogens is 351 g/mol. The average Bonchev–Trinajstić information content (AvgIpc) is 3.03. The summed E-state index contributed by atoms with van der Waals surface area (Å²) in [4.78, 5) is 15.4. The molecule has 3 aromatic rings. The SMILES string of the molecule is COC(=O)[C@H](Cc1cc2ccccc2[nH]1)NP(C)(=O)Oc1ccccc1. The molecule has 136 valence electrons. The van der Waals surface area contributed by atoms with E-state index in [-0.39, 0.29) is 0 Å². The summed E-state index contributed by atoms with van der Waals surface area (Å²) in [6.07, 6.45) is 0.303. The number of fused-ring (bicyclic) bond motifs is 1. The Hall–Kier alpha value is -2.56. The fourth-order valence-corrected chi connectivity index (χ4v) is 4.12. The van der Waals surface area contributed by atoms with E-state index in [1.165, 1.54) is 13.8 Å². The maximum absolute atomic E-state index is 12.8. The van der Waals surface area contributed by atoms with Crippen LogP contribution >= 0.6 is 7.52 Å². The molecule has 0 saturated heterocycles. The fourth-order valence-electron chi connectivity index (χ4n) is 2.78. The number of carbonyl (C=O) groups excluding carboxylic acids is 1. The van der Waals surface area contributed by atoms with Crippen LogP contribution in [0.25, 0.3) is 10.9 Å². The quantitative estimate of drug-likeness (QED) is 0.488. The summed E-state index contributed by atoms with van der Waals surface area (Å²) in [5.41, 5.74) is 1.82. The number of aromatic amines is 1. The standard InChI is InChI=1S/C19H21N2O4P/c1-24-19(22)18(13-15-12-14-8-6-7-11-17(14)20-15)21-26(2,23)25-16-9-4-3-5-10-16/h3-12,18,20H,13H2,1-2H3,(H,21,23)/t18-,26?/m0/s1. The number of hydrogen-bond donors (Lipinski definition) is 2. The minimum absolute atomic E-state index is 0.303. The van der Waals surface area contributed by atoms with Crippen molar-refractivity contribution < 1.29 is 18.6 Å². The van der Waals surface area contributed by atoms with Crippen molar-refractivity contribution in [3.63, 3.8) is 0 Å². The van der Waals surface area contributed by atoms with E-state index in [2.05, 4.69) is 10.1 Å². The second-order valence-electron chi connectivity index (χ2n) is 6.04. The third-order valence-corrected chi connectivity index (χ3v) is 5.25. The molecule has 0 fully saturated rings. The van der Waals surface area contributed by atoms with Crippen molar-refractivity contribution >= 4 is 24.4 Å². The normalized spacial score (nSPS) is 14.5. The molecule has 0 aliphatic rings. The van der Waals surface area contributed by atoms with E-state index in [1.54, 1.807) is 24.3 Å². The third kappa shape index (κ3) is 4.54. The van der Waals surface area contributed by atoms with Crippen LogP contribution in [-0.2, 0) is 20.5 Å². The van der Waals surface area contributed by atoms with Crippen molar-refractivity contribution in [2.75, 3.05) is 13.8 Å². The maximum atomic E-state index is 12.8. The molecule has 0 radical (unpaired) electrons. The molecule has 3 rings (SSSR count). The summed E-state index contributed by atoms with van der Waals surface area (Å²) in [5, 5.41) is 3.87. The van der Waals surface area contributed by atoms with Crippen LogP contribution in [-0.4, -0.2) is 30.8 Å². The highest BCUT2D eigenvalue weighted by Crippen LogP contribution is 2.39. The number of methoxy groups -OCH3 is 1. The predicted octanol–water partition coefficient (Wildman–Crippen LogP) is 3.74. The van der Waals surface area contributed by atoms with Crippen molar-refractivity contribution in [2.24, 2.45) is 0 Å². The highest BCUT2D eigenvalue weighted by molar-refractivity contribution is 7.56. The molecule has 0 bridgehead atoms. The first-order valence-corrected chi connectivity index (χ1v) is 10.3. The topological polar surface area (TPSA) is 80.4 Å². The van der Waals surface area contributed by atoms with Gasteiger partial charge in [-0.1, -0.05) is 36.4 Å². The van der Waals surface area contributed by atoms with Crippen LogP contribution < -0.4 is 9.61 Å². The number of aromatic nitrogens is 1. The van der Waals surface area contributed by atoms with Gasteiger partial charge in [0.05, 0.1) is 7.11 Å². The fraction of sp³-hybridized carbons (Fsp3) is 0.211. The van der Waals surface area contributed by atoms with Gasteiger partial charge in [0.25, 0.3) is 0 Å². The van der Waals surface area contributed by atoms with Gasteiger partial charge in [0.15, 0.2) is 0 Å². The molecule has 6 nitrogen and oxygen atoms in total. The van der Waals surface area contributed by atoms with Gasteiger partial charge in [0.1, 0.15) is 11.8 Å². The van der Waals surface area contributed by atoms with Gasteiger partial charge in [-0.15, -0.1) is 0 Å². The number of benzene rings is 2. The lowest BCUT2D eigenvalue weighted by Crippen LogP contribution is -2.38. The highest BCUT2D eigenvalue weighted by atomic mass is 31.2. The summed E-state index contributed by atoms with van der Waals surface area (Å²) in [7, 11) is -1.97. The van der Waals surface area contributed by atoms with E-state index in [1.807, 2.05) is 36.4 Å². The van der Waals surface area contributed by atoms with Gasteiger partial charge >= 0.3 is 13.5 Å². The Morgan fingerprint density at radius 3 is 2.54 bits per heavy atom. The summed E-state index contributed by atoms with van der Waals surface area (Å²) in [6.45, 7) is 1.45. The number of esters is 1. The smallest absolute Gasteiger partial charge is 0.323 e. The molecular formula is C19H21N2O4P. The number of nitrogens with one attached hydrogen (secondary N) is 2. The molecule has 0 saturated carbocycles. The third-order valence-electron chi connectivity index (χ3n) is 3.91. The summed E-state index contributed by atoms with van der Waals surface area (Å²) < 4.78 is 23.2. The Morgan fingerprint density at radius 2 is 1.85 bits per heavy atom. The Kier molecular flexibility index (Phi) is 5.45. The Morgan fingerprint density at radius 1 is 1.15 bits per heavy atom. The van der Waals surface area contributed by atoms with Crippen LogP contribution in [0.15, 0.2) is 60.7 Å². The minimum atomic E-state index is -3.27. The van der Waals surface area contributed by atoms with Crippen LogP contribution in [0.2, 0.25) is 0 Å². The molecule has 2 N–H and O–H groups in total. The molecule has 2 aromatic carbocycles. The van der Waals surface area contributed by atoms with E-state index < -0.39 is 19.5 Å². The van der Waals surface area contributed by atoms with Crippen LogP contribution in [0.5, 0.6) is 5.75 Å². The van der Waals surface area contributed by atoms with E-state index in [4.69, 9.17) is 9.26 Å². The molecule has 0 aliphatic heterocycles. The number of rotatable bonds is 7. The van der Waals surface area contributed by atoms with Gasteiger partial charge in [0, 0.05) is 24.3 Å². The van der Waals surface area contributed by atoms with Gasteiger partial charge in [0.2, 0.25) is 0 Å². The first-order valence-electron chi connectivity index (χ1n) is 8.21. The summed E-state index contributed by atoms with van der Waals surface area (Å²) in [5.74, 6) is -0.0255. The molecule has 2 atom stereocenters. The van der Waals surface area contributed by atoms with Crippen molar-refractivity contribution in [1.82, 2.24) is 10.1 Å². The molecule has 7 heteroatoms. The van der Waals surface area contributed by atoms with Crippen LogP contribution in [0.3, 0.4) is 0 Å². The van der Waals surface area contributed by atoms with E-state index in [9.17, 15) is 9.36 Å². The molecule has 0 spiro atoms. The zero-order valence-corrected chi connectivity index (χ0v) is 15.5. The second-order valence-corrected chi connectivity index (χ2v) is 8.17. The molecule has 26 heavy (non-hydrogen) atoms. The zero-order chi connectivity index (χ0) is 18.6. The van der Waals surface area contributed by atoms with E-state index in [0.29, 0.717) is 12.2 Å².